The Morgan fingerprint density at radius 3 is 2.48 bits per heavy atom. The van der Waals surface area contributed by atoms with E-state index in [0.29, 0.717) is 13.2 Å². The van der Waals surface area contributed by atoms with Crippen LogP contribution >= 0.6 is 0 Å². The molecule has 0 aliphatic carbocycles. The van der Waals surface area contributed by atoms with Gasteiger partial charge >= 0.3 is 0 Å². The molecule has 0 spiro atoms. The summed E-state index contributed by atoms with van der Waals surface area (Å²) in [6.45, 7) is 4.35. The van der Waals surface area contributed by atoms with E-state index < -0.39 is 12.1 Å². The van der Waals surface area contributed by atoms with Gasteiger partial charge in [-0.1, -0.05) is 42.8 Å². The van der Waals surface area contributed by atoms with Crippen LogP contribution in [0.3, 0.4) is 0 Å². The van der Waals surface area contributed by atoms with Gasteiger partial charge < -0.3 is 19.8 Å². The number of ether oxygens (including phenoxy) is 1. The maximum atomic E-state index is 10.2. The van der Waals surface area contributed by atoms with Crippen molar-refractivity contribution < 1.29 is 19.7 Å². The number of hydrogen-bond donors (Lipinski definition) is 2. The summed E-state index contributed by atoms with van der Waals surface area (Å²) >= 11 is 0. The van der Waals surface area contributed by atoms with Crippen molar-refractivity contribution in [2.45, 2.75) is 32.3 Å². The maximum absolute atomic E-state index is 10.2. The highest BCUT2D eigenvalue weighted by molar-refractivity contribution is 5.88. The van der Waals surface area contributed by atoms with Crippen molar-refractivity contribution in [1.82, 2.24) is 4.90 Å². The molecule has 1 aliphatic rings. The summed E-state index contributed by atoms with van der Waals surface area (Å²) in [5.41, 5.74) is 0. The molecule has 2 N–H and O–H groups in total. The van der Waals surface area contributed by atoms with Crippen LogP contribution in [0.25, 0.3) is 10.8 Å². The van der Waals surface area contributed by atoms with Gasteiger partial charge in [0.2, 0.25) is 0 Å². The van der Waals surface area contributed by atoms with Crippen LogP contribution in [0.15, 0.2) is 42.5 Å². The SMILES string of the molecule is CC(=O)O.OC(COc1cccc2ccccc12)CN1CCCCC1. The number of fused-ring (bicyclic) bond motifs is 1. The molecule has 5 heteroatoms. The number of β-amino-alcohol motifs (C(OH)–C–C–N with tert-alkyl or cyclic N) is 1. The molecular formula is C20H27NO4. The lowest BCUT2D eigenvalue weighted by Gasteiger charge is -2.28. The largest absolute Gasteiger partial charge is 0.490 e. The van der Waals surface area contributed by atoms with E-state index in [0.717, 1.165) is 31.1 Å². The highest BCUT2D eigenvalue weighted by Gasteiger charge is 2.15. The lowest BCUT2D eigenvalue weighted by Crippen LogP contribution is -2.38. The van der Waals surface area contributed by atoms with Gasteiger partial charge in [-0.3, -0.25) is 4.79 Å². The number of piperidine rings is 1. The Morgan fingerprint density at radius 1 is 1.12 bits per heavy atom. The predicted molar refractivity (Wildman–Crippen MR) is 99.1 cm³/mol. The second-order valence-corrected chi connectivity index (χ2v) is 6.32. The highest BCUT2D eigenvalue weighted by Crippen LogP contribution is 2.25. The number of carboxylic acid groups (broad SMARTS) is 1. The van der Waals surface area contributed by atoms with Crippen molar-refractivity contribution >= 4 is 16.7 Å². The first-order valence-electron chi connectivity index (χ1n) is 8.77. The molecule has 1 fully saturated rings. The van der Waals surface area contributed by atoms with Crippen LogP contribution < -0.4 is 4.74 Å². The summed E-state index contributed by atoms with van der Waals surface area (Å²) in [5.74, 6) is 0.0193. The first-order chi connectivity index (χ1) is 12.1. The van der Waals surface area contributed by atoms with Crippen LogP contribution in [0, 0.1) is 0 Å². The van der Waals surface area contributed by atoms with E-state index in [1.54, 1.807) is 0 Å². The summed E-state index contributed by atoms with van der Waals surface area (Å²) < 4.78 is 5.85. The minimum Gasteiger partial charge on any atom is -0.490 e. The number of rotatable bonds is 5. The zero-order valence-electron chi connectivity index (χ0n) is 14.7. The zero-order valence-corrected chi connectivity index (χ0v) is 14.7. The van der Waals surface area contributed by atoms with Gasteiger partial charge in [0.25, 0.3) is 5.97 Å². The van der Waals surface area contributed by atoms with Gasteiger partial charge in [0, 0.05) is 18.9 Å². The van der Waals surface area contributed by atoms with Gasteiger partial charge in [-0.05, 0) is 37.4 Å². The number of aliphatic hydroxyl groups is 1. The van der Waals surface area contributed by atoms with E-state index in [4.69, 9.17) is 14.6 Å². The zero-order chi connectivity index (χ0) is 18.1. The quantitative estimate of drug-likeness (QED) is 0.871. The van der Waals surface area contributed by atoms with Gasteiger partial charge in [0.05, 0.1) is 0 Å². The third-order valence-corrected chi connectivity index (χ3v) is 4.10. The van der Waals surface area contributed by atoms with Gasteiger partial charge in [0.1, 0.15) is 18.5 Å². The summed E-state index contributed by atoms with van der Waals surface area (Å²) in [6.07, 6.45) is 3.38. The van der Waals surface area contributed by atoms with E-state index in [9.17, 15) is 5.11 Å². The van der Waals surface area contributed by atoms with Crippen LogP contribution in [0.2, 0.25) is 0 Å². The van der Waals surface area contributed by atoms with Crippen LogP contribution in [0.5, 0.6) is 5.75 Å². The molecule has 1 aliphatic heterocycles. The topological polar surface area (TPSA) is 70.0 Å². The van der Waals surface area contributed by atoms with Crippen molar-refractivity contribution in [3.05, 3.63) is 42.5 Å². The summed E-state index contributed by atoms with van der Waals surface area (Å²) in [7, 11) is 0. The van der Waals surface area contributed by atoms with Crippen molar-refractivity contribution in [3.63, 3.8) is 0 Å². The fourth-order valence-corrected chi connectivity index (χ4v) is 3.00. The number of carbonyl (C=O) groups is 1. The highest BCUT2D eigenvalue weighted by atomic mass is 16.5. The van der Waals surface area contributed by atoms with Crippen molar-refractivity contribution in [2.24, 2.45) is 0 Å². The summed E-state index contributed by atoms with van der Waals surface area (Å²) in [5, 5.41) is 19.9. The van der Waals surface area contributed by atoms with E-state index in [1.807, 2.05) is 24.3 Å². The van der Waals surface area contributed by atoms with Crippen LogP contribution in [-0.4, -0.2) is 53.4 Å². The molecule has 0 aromatic heterocycles. The molecule has 1 atom stereocenters. The van der Waals surface area contributed by atoms with Gasteiger partial charge in [-0.15, -0.1) is 0 Å². The monoisotopic (exact) mass is 345 g/mol. The number of carboxylic acids is 1. The predicted octanol–water partition coefficient (Wildman–Crippen LogP) is 3.16. The standard InChI is InChI=1S/C18H23NO2.C2H4O2/c20-16(13-19-11-4-1-5-12-19)14-21-18-10-6-8-15-7-2-3-9-17(15)18;1-2(3)4/h2-3,6-10,16,20H,1,4-5,11-14H2;1H3,(H,3,4). The molecule has 1 heterocycles. The molecule has 0 amide bonds. The third-order valence-electron chi connectivity index (χ3n) is 4.10. The van der Waals surface area contributed by atoms with Crippen molar-refractivity contribution in [1.29, 1.82) is 0 Å². The molecule has 1 saturated heterocycles. The van der Waals surface area contributed by atoms with Gasteiger partial charge in [-0.25, -0.2) is 0 Å². The number of likely N-dealkylation sites (tertiary alicyclic amines) is 1. The summed E-state index contributed by atoms with van der Waals surface area (Å²) in [4.78, 5) is 11.3. The summed E-state index contributed by atoms with van der Waals surface area (Å²) in [6, 6.07) is 14.2. The van der Waals surface area contributed by atoms with Crippen LogP contribution in [0.4, 0.5) is 0 Å². The fourth-order valence-electron chi connectivity index (χ4n) is 3.00. The molecule has 2 aromatic rings. The molecule has 0 saturated carbocycles. The third kappa shape index (κ3) is 6.72. The Bertz CT molecular complexity index is 658. The van der Waals surface area contributed by atoms with Crippen molar-refractivity contribution in [2.75, 3.05) is 26.2 Å². The smallest absolute Gasteiger partial charge is 0.300 e. The Hall–Kier alpha value is -2.11. The molecule has 25 heavy (non-hydrogen) atoms. The molecule has 3 rings (SSSR count). The second kappa shape index (κ2) is 10.0. The average Bonchev–Trinajstić information content (AvgIpc) is 2.60. The average molecular weight is 345 g/mol. The lowest BCUT2D eigenvalue weighted by molar-refractivity contribution is -0.134. The second-order valence-electron chi connectivity index (χ2n) is 6.32. The Balaban J connectivity index is 0.000000511. The van der Waals surface area contributed by atoms with Gasteiger partial charge in [-0.2, -0.15) is 0 Å². The Kier molecular flexibility index (Phi) is 7.70. The molecule has 5 nitrogen and oxygen atoms in total. The Labute approximate surface area is 148 Å². The number of aliphatic carboxylic acids is 1. The molecular weight excluding hydrogens is 318 g/mol. The normalized spacial score (nSPS) is 15.9. The lowest BCUT2D eigenvalue weighted by atomic mass is 10.1. The molecule has 136 valence electrons. The van der Waals surface area contributed by atoms with E-state index in [1.165, 1.54) is 24.6 Å². The first kappa shape index (κ1) is 19.2. The number of benzene rings is 2. The maximum Gasteiger partial charge on any atom is 0.300 e. The minimum atomic E-state index is -0.833. The number of nitrogens with zero attached hydrogens (tertiary/aromatic N) is 1. The first-order valence-corrected chi connectivity index (χ1v) is 8.77. The minimum absolute atomic E-state index is 0.352. The molecule has 2 aromatic carbocycles. The van der Waals surface area contributed by atoms with Gasteiger partial charge in [0.15, 0.2) is 0 Å². The van der Waals surface area contributed by atoms with Crippen molar-refractivity contribution in [3.8, 4) is 5.75 Å². The van der Waals surface area contributed by atoms with Crippen LogP contribution in [0.1, 0.15) is 26.2 Å². The molecule has 0 bridgehead atoms. The van der Waals surface area contributed by atoms with E-state index in [-0.39, 0.29) is 0 Å². The fraction of sp³-hybridized carbons (Fsp3) is 0.450. The van der Waals surface area contributed by atoms with Crippen LogP contribution in [-0.2, 0) is 4.79 Å². The molecule has 1 unspecified atom stereocenters. The van der Waals surface area contributed by atoms with E-state index >= 15 is 0 Å². The number of hydrogen-bond acceptors (Lipinski definition) is 4. The van der Waals surface area contributed by atoms with E-state index in [2.05, 4.69) is 23.1 Å². The number of aliphatic hydroxyl groups excluding tert-OH is 1. The Morgan fingerprint density at radius 2 is 1.76 bits per heavy atom. The molecule has 0 radical (unpaired) electrons.